The van der Waals surface area contributed by atoms with Gasteiger partial charge in [0.15, 0.2) is 0 Å². The van der Waals surface area contributed by atoms with Crippen molar-refractivity contribution >= 4 is 26.0 Å². The number of benzene rings is 1. The topological polar surface area (TPSA) is 66.4 Å². The second kappa shape index (κ2) is 5.47. The van der Waals surface area contributed by atoms with Gasteiger partial charge in [-0.1, -0.05) is 15.9 Å². The highest BCUT2D eigenvalue weighted by Crippen LogP contribution is 2.48. The maximum Gasteiger partial charge on any atom is 0.243 e. The molecule has 19 heavy (non-hydrogen) atoms. The summed E-state index contributed by atoms with van der Waals surface area (Å²) in [5.74, 6) is -0.783. The monoisotopic (exact) mass is 351 g/mol. The molecule has 4 nitrogen and oxygen atoms in total. The zero-order chi connectivity index (χ0) is 14.1. The summed E-state index contributed by atoms with van der Waals surface area (Å²) in [5, 5.41) is 8.92. The number of hydrogen-bond donors (Lipinski definition) is 2. The molecule has 1 aliphatic carbocycles. The molecular weight excluding hydrogens is 337 g/mol. The highest BCUT2D eigenvalue weighted by Gasteiger charge is 2.42. The average molecular weight is 352 g/mol. The van der Waals surface area contributed by atoms with E-state index in [1.165, 1.54) is 12.1 Å². The molecule has 0 bridgehead atoms. The Bertz CT molecular complexity index is 572. The molecular formula is C12H15BrFNO3S. The maximum atomic E-state index is 13.6. The van der Waals surface area contributed by atoms with E-state index in [9.17, 15) is 12.8 Å². The Hall–Kier alpha value is -0.500. The van der Waals surface area contributed by atoms with Gasteiger partial charge in [0.2, 0.25) is 10.0 Å². The maximum absolute atomic E-state index is 13.6. The lowest BCUT2D eigenvalue weighted by Gasteiger charge is -2.15. The van der Waals surface area contributed by atoms with Gasteiger partial charge in [0.05, 0.1) is 0 Å². The molecule has 1 aromatic rings. The van der Waals surface area contributed by atoms with Gasteiger partial charge in [-0.05, 0) is 42.9 Å². The highest BCUT2D eigenvalue weighted by molar-refractivity contribution is 9.10. The van der Waals surface area contributed by atoms with E-state index in [4.69, 9.17) is 5.11 Å². The molecule has 0 atom stereocenters. The molecule has 0 unspecified atom stereocenters. The van der Waals surface area contributed by atoms with Gasteiger partial charge in [0.1, 0.15) is 10.7 Å². The van der Waals surface area contributed by atoms with Gasteiger partial charge < -0.3 is 5.11 Å². The molecule has 0 aromatic heterocycles. The van der Waals surface area contributed by atoms with Crippen molar-refractivity contribution in [3.05, 3.63) is 28.5 Å². The molecule has 106 valence electrons. The SMILES string of the molecule is O=S(=O)(NCC1(CCO)CC1)c1ccc(Br)cc1F. The molecule has 1 aromatic carbocycles. The summed E-state index contributed by atoms with van der Waals surface area (Å²) >= 11 is 3.08. The summed E-state index contributed by atoms with van der Waals surface area (Å²) in [6.45, 7) is 0.278. The van der Waals surface area contributed by atoms with E-state index in [0.717, 1.165) is 18.9 Å². The number of aliphatic hydroxyl groups is 1. The van der Waals surface area contributed by atoms with E-state index in [-0.39, 0.29) is 23.5 Å². The molecule has 1 aliphatic rings. The van der Waals surface area contributed by atoms with Crippen LogP contribution in [0.1, 0.15) is 19.3 Å². The first-order chi connectivity index (χ1) is 8.88. The van der Waals surface area contributed by atoms with Crippen molar-refractivity contribution in [1.82, 2.24) is 4.72 Å². The fourth-order valence-corrected chi connectivity index (χ4v) is 3.50. The van der Waals surface area contributed by atoms with Crippen molar-refractivity contribution < 1.29 is 17.9 Å². The molecule has 0 spiro atoms. The standard InChI is InChI=1S/C12H15BrFNO3S/c13-9-1-2-11(10(14)7-9)19(17,18)15-8-12(3-4-12)5-6-16/h1-2,7,15-16H,3-6,8H2. The molecule has 0 saturated heterocycles. The van der Waals surface area contributed by atoms with Gasteiger partial charge in [-0.15, -0.1) is 0 Å². The Morgan fingerprint density at radius 3 is 2.63 bits per heavy atom. The van der Waals surface area contributed by atoms with E-state index in [2.05, 4.69) is 20.7 Å². The van der Waals surface area contributed by atoms with Crippen molar-refractivity contribution in [3.8, 4) is 0 Å². The summed E-state index contributed by atoms with van der Waals surface area (Å²) in [4.78, 5) is -0.351. The van der Waals surface area contributed by atoms with Gasteiger partial charge in [-0.2, -0.15) is 0 Å². The van der Waals surface area contributed by atoms with Crippen LogP contribution in [0.25, 0.3) is 0 Å². The minimum Gasteiger partial charge on any atom is -0.396 e. The van der Waals surface area contributed by atoms with Crippen LogP contribution < -0.4 is 4.72 Å². The van der Waals surface area contributed by atoms with Gasteiger partial charge in [-0.25, -0.2) is 17.5 Å². The van der Waals surface area contributed by atoms with Gasteiger partial charge >= 0.3 is 0 Å². The number of rotatable bonds is 6. The summed E-state index contributed by atoms with van der Waals surface area (Å²) in [5.41, 5.74) is -0.145. The molecule has 0 amide bonds. The van der Waals surface area contributed by atoms with Crippen LogP contribution in [-0.2, 0) is 10.0 Å². The summed E-state index contributed by atoms with van der Waals surface area (Å²) in [6.07, 6.45) is 2.34. The van der Waals surface area contributed by atoms with Crippen LogP contribution in [0.15, 0.2) is 27.6 Å². The van der Waals surface area contributed by atoms with Crippen molar-refractivity contribution in [3.63, 3.8) is 0 Å². The summed E-state index contributed by atoms with van der Waals surface area (Å²) in [7, 11) is -3.85. The van der Waals surface area contributed by atoms with Crippen molar-refractivity contribution in [1.29, 1.82) is 0 Å². The van der Waals surface area contributed by atoms with Crippen LogP contribution in [0.5, 0.6) is 0 Å². The number of aliphatic hydroxyl groups excluding tert-OH is 1. The average Bonchev–Trinajstić information content (AvgIpc) is 3.07. The zero-order valence-corrected chi connectivity index (χ0v) is 12.6. The van der Waals surface area contributed by atoms with E-state index in [1.54, 1.807) is 0 Å². The number of hydrogen-bond acceptors (Lipinski definition) is 3. The van der Waals surface area contributed by atoms with Crippen LogP contribution in [0, 0.1) is 11.2 Å². The molecule has 2 rings (SSSR count). The second-order valence-electron chi connectivity index (χ2n) is 4.87. The number of halogens is 2. The molecule has 0 radical (unpaired) electrons. The molecule has 0 heterocycles. The van der Waals surface area contributed by atoms with Gasteiger partial charge in [-0.3, -0.25) is 0 Å². The highest BCUT2D eigenvalue weighted by atomic mass is 79.9. The molecule has 2 N–H and O–H groups in total. The van der Waals surface area contributed by atoms with E-state index in [1.807, 2.05) is 0 Å². The quantitative estimate of drug-likeness (QED) is 0.823. The fourth-order valence-electron chi connectivity index (χ4n) is 1.95. The molecule has 0 aliphatic heterocycles. The van der Waals surface area contributed by atoms with Crippen LogP contribution in [-0.4, -0.2) is 26.7 Å². The molecule has 1 fully saturated rings. The van der Waals surface area contributed by atoms with Crippen LogP contribution in [0.3, 0.4) is 0 Å². The van der Waals surface area contributed by atoms with E-state index >= 15 is 0 Å². The molecule has 7 heteroatoms. The Balaban J connectivity index is 2.10. The third-order valence-electron chi connectivity index (χ3n) is 3.42. The lowest BCUT2D eigenvalue weighted by Crippen LogP contribution is -2.31. The van der Waals surface area contributed by atoms with Crippen LogP contribution in [0.2, 0.25) is 0 Å². The van der Waals surface area contributed by atoms with Crippen LogP contribution >= 0.6 is 15.9 Å². The fraction of sp³-hybridized carbons (Fsp3) is 0.500. The predicted molar refractivity (Wildman–Crippen MR) is 72.7 cm³/mol. The first-order valence-electron chi connectivity index (χ1n) is 5.94. The van der Waals surface area contributed by atoms with Gasteiger partial charge in [0.25, 0.3) is 0 Å². The Morgan fingerprint density at radius 2 is 2.11 bits per heavy atom. The number of nitrogens with one attached hydrogen (secondary N) is 1. The minimum absolute atomic E-state index is 0.0361. The smallest absolute Gasteiger partial charge is 0.243 e. The van der Waals surface area contributed by atoms with Crippen molar-refractivity contribution in [2.45, 2.75) is 24.2 Å². The lowest BCUT2D eigenvalue weighted by molar-refractivity contribution is 0.249. The Kier molecular flexibility index (Phi) is 4.29. The van der Waals surface area contributed by atoms with Crippen molar-refractivity contribution in [2.24, 2.45) is 5.41 Å². The van der Waals surface area contributed by atoms with E-state index in [0.29, 0.717) is 10.9 Å². The first kappa shape index (κ1) is 14.9. The van der Waals surface area contributed by atoms with Gasteiger partial charge in [0, 0.05) is 17.6 Å². The minimum atomic E-state index is -3.85. The first-order valence-corrected chi connectivity index (χ1v) is 8.22. The zero-order valence-electron chi connectivity index (χ0n) is 10.2. The van der Waals surface area contributed by atoms with Crippen LogP contribution in [0.4, 0.5) is 4.39 Å². The number of sulfonamides is 1. The summed E-state index contributed by atoms with van der Waals surface area (Å²) in [6, 6.07) is 3.83. The Labute approximate surface area is 120 Å². The predicted octanol–water partition coefficient (Wildman–Crippen LogP) is 2.03. The largest absolute Gasteiger partial charge is 0.396 e. The normalized spacial score (nSPS) is 17.4. The third kappa shape index (κ3) is 3.53. The van der Waals surface area contributed by atoms with Crippen molar-refractivity contribution in [2.75, 3.05) is 13.2 Å². The summed E-state index contributed by atoms with van der Waals surface area (Å²) < 4.78 is 40.6. The molecule has 1 saturated carbocycles. The lowest BCUT2D eigenvalue weighted by atomic mass is 10.0. The second-order valence-corrected chi connectivity index (χ2v) is 7.52. The third-order valence-corrected chi connectivity index (χ3v) is 5.35. The van der Waals surface area contributed by atoms with E-state index < -0.39 is 15.8 Å². The Morgan fingerprint density at radius 1 is 1.42 bits per heavy atom.